The number of nitrogens with two attached hydrogens (primary N) is 1. The second-order valence-corrected chi connectivity index (χ2v) is 8.84. The molecule has 0 aromatic heterocycles. The summed E-state index contributed by atoms with van der Waals surface area (Å²) in [6, 6.07) is 0. The Kier molecular flexibility index (Phi) is 3.44. The predicted molar refractivity (Wildman–Crippen MR) is 93.5 cm³/mol. The van der Waals surface area contributed by atoms with E-state index in [0.29, 0.717) is 23.3 Å². The van der Waals surface area contributed by atoms with Crippen LogP contribution in [0, 0.1) is 34.5 Å². The Labute approximate surface area is 144 Å². The predicted octanol–water partition coefficient (Wildman–Crippen LogP) is 3.58. The summed E-state index contributed by atoms with van der Waals surface area (Å²) in [5, 5.41) is 0. The highest BCUT2D eigenvalue weighted by Gasteiger charge is 2.59. The van der Waals surface area contributed by atoms with Crippen LogP contribution in [-0.2, 0) is 9.59 Å². The van der Waals surface area contributed by atoms with Crippen molar-refractivity contribution in [2.24, 2.45) is 40.2 Å². The standard InChI is InChI=1S/C21H27NO2/c1-20-9-7-13(12-23)11-14(20)3-4-15-16-5-6-18(19(22)24)21(16,2)10-8-17(15)20/h7,9,11,15-18H,3-6,8,10H2,1-2H3,(H2,22,24)/t15-,16-,17-,18?,20-,21-/m0/s1. The summed E-state index contributed by atoms with van der Waals surface area (Å²) < 4.78 is 0. The number of rotatable bonds is 1. The molecule has 24 heavy (non-hydrogen) atoms. The van der Waals surface area contributed by atoms with Crippen molar-refractivity contribution in [1.29, 1.82) is 0 Å². The van der Waals surface area contributed by atoms with Crippen molar-refractivity contribution in [3.05, 3.63) is 29.4 Å². The quantitative estimate of drug-likeness (QED) is 0.749. The van der Waals surface area contributed by atoms with Crippen LogP contribution in [0.25, 0.3) is 0 Å². The van der Waals surface area contributed by atoms with E-state index in [0.717, 1.165) is 32.1 Å². The number of fused-ring (bicyclic) bond motifs is 5. The van der Waals surface area contributed by atoms with Crippen molar-refractivity contribution in [1.82, 2.24) is 0 Å². The van der Waals surface area contributed by atoms with Crippen molar-refractivity contribution in [2.45, 2.75) is 52.4 Å². The number of hydrogen-bond acceptors (Lipinski definition) is 2. The molecule has 4 aliphatic rings. The summed E-state index contributed by atoms with van der Waals surface area (Å²) in [6.07, 6.45) is 12.9. The molecule has 128 valence electrons. The van der Waals surface area contributed by atoms with E-state index in [-0.39, 0.29) is 22.7 Å². The van der Waals surface area contributed by atoms with Crippen molar-refractivity contribution in [2.75, 3.05) is 0 Å². The van der Waals surface area contributed by atoms with Crippen LogP contribution in [0.4, 0.5) is 0 Å². The van der Waals surface area contributed by atoms with E-state index in [1.54, 1.807) is 0 Å². The molecule has 0 aliphatic heterocycles. The monoisotopic (exact) mass is 325 g/mol. The zero-order chi connectivity index (χ0) is 17.1. The third-order valence-corrected chi connectivity index (χ3v) is 8.05. The van der Waals surface area contributed by atoms with E-state index < -0.39 is 0 Å². The minimum Gasteiger partial charge on any atom is -0.369 e. The van der Waals surface area contributed by atoms with Crippen molar-refractivity contribution in [3.8, 4) is 0 Å². The first-order valence-electron chi connectivity index (χ1n) is 9.35. The Morgan fingerprint density at radius 2 is 2.00 bits per heavy atom. The summed E-state index contributed by atoms with van der Waals surface area (Å²) in [6.45, 7) is 4.66. The molecule has 1 unspecified atom stereocenters. The fraction of sp³-hybridized carbons (Fsp3) is 0.667. The topological polar surface area (TPSA) is 60.2 Å². The molecule has 0 radical (unpaired) electrons. The molecule has 0 bridgehead atoms. The number of carbonyl (C=O) groups is 1. The van der Waals surface area contributed by atoms with Crippen LogP contribution in [0.5, 0.6) is 0 Å². The van der Waals surface area contributed by atoms with Crippen LogP contribution in [0.15, 0.2) is 29.4 Å². The number of primary amides is 1. The first kappa shape index (κ1) is 15.9. The number of hydrogen-bond donors (Lipinski definition) is 1. The Bertz CT molecular complexity index is 699. The third-order valence-electron chi connectivity index (χ3n) is 8.05. The minimum atomic E-state index is -0.0978. The van der Waals surface area contributed by atoms with Crippen LogP contribution in [-0.4, -0.2) is 11.8 Å². The van der Waals surface area contributed by atoms with Crippen LogP contribution < -0.4 is 5.73 Å². The molecule has 4 rings (SSSR count). The van der Waals surface area contributed by atoms with Gasteiger partial charge in [-0.15, -0.1) is 0 Å². The molecule has 1 amide bonds. The van der Waals surface area contributed by atoms with E-state index in [9.17, 15) is 9.59 Å². The summed E-state index contributed by atoms with van der Waals surface area (Å²) in [4.78, 5) is 23.0. The Morgan fingerprint density at radius 3 is 2.71 bits per heavy atom. The molecule has 6 atom stereocenters. The summed E-state index contributed by atoms with van der Waals surface area (Å²) in [5.74, 6) is 3.90. The normalized spacial score (nSPS) is 46.4. The van der Waals surface area contributed by atoms with Gasteiger partial charge in [0.25, 0.3) is 0 Å². The first-order valence-corrected chi connectivity index (χ1v) is 9.35. The van der Waals surface area contributed by atoms with Gasteiger partial charge in [-0.25, -0.2) is 4.79 Å². The van der Waals surface area contributed by atoms with E-state index in [1.165, 1.54) is 12.0 Å². The maximum atomic E-state index is 11.9. The Morgan fingerprint density at radius 1 is 1.21 bits per heavy atom. The zero-order valence-corrected chi connectivity index (χ0v) is 14.7. The molecular formula is C21H27NO2. The van der Waals surface area contributed by atoms with Crippen molar-refractivity contribution in [3.63, 3.8) is 0 Å². The molecule has 2 N–H and O–H groups in total. The van der Waals surface area contributed by atoms with Gasteiger partial charge in [-0.05, 0) is 73.8 Å². The molecule has 0 saturated heterocycles. The van der Waals surface area contributed by atoms with Gasteiger partial charge in [-0.3, -0.25) is 4.79 Å². The van der Waals surface area contributed by atoms with Crippen LogP contribution in [0.3, 0.4) is 0 Å². The number of amides is 1. The highest BCUT2D eigenvalue weighted by Crippen LogP contribution is 2.65. The molecule has 0 spiro atoms. The van der Waals surface area contributed by atoms with Gasteiger partial charge < -0.3 is 5.73 Å². The average Bonchev–Trinajstić information content (AvgIpc) is 2.91. The lowest BCUT2D eigenvalue weighted by atomic mass is 9.47. The molecule has 0 heterocycles. The lowest BCUT2D eigenvalue weighted by Gasteiger charge is -2.56. The minimum absolute atomic E-state index is 0.0553. The van der Waals surface area contributed by atoms with Gasteiger partial charge in [0.15, 0.2) is 0 Å². The molecular weight excluding hydrogens is 298 g/mol. The second kappa shape index (κ2) is 5.20. The molecule has 3 heteroatoms. The smallest absolute Gasteiger partial charge is 0.221 e. The molecule has 4 aliphatic carbocycles. The van der Waals surface area contributed by atoms with E-state index >= 15 is 0 Å². The summed E-state index contributed by atoms with van der Waals surface area (Å²) >= 11 is 0. The fourth-order valence-corrected chi connectivity index (χ4v) is 6.75. The lowest BCUT2D eigenvalue weighted by Crippen LogP contribution is -2.50. The van der Waals surface area contributed by atoms with Gasteiger partial charge in [0, 0.05) is 11.3 Å². The van der Waals surface area contributed by atoms with Gasteiger partial charge in [-0.1, -0.05) is 25.5 Å². The van der Waals surface area contributed by atoms with Gasteiger partial charge in [0.2, 0.25) is 5.91 Å². The second-order valence-electron chi connectivity index (χ2n) is 8.84. The molecule has 3 saturated carbocycles. The highest BCUT2D eigenvalue weighted by molar-refractivity contribution is 5.78. The van der Waals surface area contributed by atoms with Gasteiger partial charge in [0.1, 0.15) is 5.94 Å². The maximum absolute atomic E-state index is 11.9. The fourth-order valence-electron chi connectivity index (χ4n) is 6.75. The molecule has 3 fully saturated rings. The van der Waals surface area contributed by atoms with Gasteiger partial charge in [0.05, 0.1) is 5.57 Å². The largest absolute Gasteiger partial charge is 0.369 e. The van der Waals surface area contributed by atoms with Crippen LogP contribution >= 0.6 is 0 Å². The summed E-state index contributed by atoms with van der Waals surface area (Å²) in [5.41, 5.74) is 7.96. The van der Waals surface area contributed by atoms with Gasteiger partial charge in [-0.2, -0.15) is 0 Å². The number of carbonyl (C=O) groups excluding carboxylic acids is 2. The van der Waals surface area contributed by atoms with Crippen LogP contribution in [0.1, 0.15) is 52.4 Å². The first-order chi connectivity index (χ1) is 11.4. The van der Waals surface area contributed by atoms with Crippen molar-refractivity contribution >= 4 is 11.8 Å². The Balaban J connectivity index is 1.68. The van der Waals surface area contributed by atoms with E-state index in [2.05, 4.69) is 26.0 Å². The summed E-state index contributed by atoms with van der Waals surface area (Å²) in [7, 11) is 0. The van der Waals surface area contributed by atoms with Gasteiger partial charge >= 0.3 is 0 Å². The molecule has 3 nitrogen and oxygen atoms in total. The van der Waals surface area contributed by atoms with E-state index in [1.807, 2.05) is 12.0 Å². The number of allylic oxidation sites excluding steroid dienone is 5. The van der Waals surface area contributed by atoms with E-state index in [4.69, 9.17) is 5.73 Å². The van der Waals surface area contributed by atoms with Crippen LogP contribution in [0.2, 0.25) is 0 Å². The maximum Gasteiger partial charge on any atom is 0.221 e. The molecule has 0 aromatic carbocycles. The Hall–Kier alpha value is -1.60. The molecule has 0 aromatic rings. The highest BCUT2D eigenvalue weighted by atomic mass is 16.1. The lowest BCUT2D eigenvalue weighted by molar-refractivity contribution is -0.128. The SMILES string of the molecule is C[C@]12C=CC(=C=O)C=C1CC[C@@H]1[C@@H]2CC[C@]2(C)C(C(N)=O)CC[C@@H]12. The van der Waals surface area contributed by atoms with Crippen molar-refractivity contribution < 1.29 is 9.59 Å². The third kappa shape index (κ3) is 1.97. The average molecular weight is 325 g/mol. The zero-order valence-electron chi connectivity index (χ0n) is 14.7.